The van der Waals surface area contributed by atoms with Gasteiger partial charge >= 0.3 is 0 Å². The standard InChI is InChI=1S/C48H30O/c1-2-11-31(12-3-1)32-21-25-34(26-22-32)46-39-15-6-8-17-41(39)47(42-18-9-7-16-40(42)46)35-27-23-33(24-28-35)38-19-10-20-44-48(38)43-29-36-13-4-5-14-37(36)30-45(43)49-44/h1-30H. The maximum atomic E-state index is 6.39. The lowest BCUT2D eigenvalue weighted by atomic mass is 9.85. The van der Waals surface area contributed by atoms with Crippen LogP contribution in [0.4, 0.5) is 0 Å². The van der Waals surface area contributed by atoms with Gasteiger partial charge in [-0.05, 0) is 95.0 Å². The third kappa shape index (κ3) is 4.47. The van der Waals surface area contributed by atoms with Gasteiger partial charge in [-0.1, -0.05) is 164 Å². The molecule has 10 aromatic rings. The number of fused-ring (bicyclic) bond motifs is 6. The van der Waals surface area contributed by atoms with Gasteiger partial charge in [0.1, 0.15) is 11.2 Å². The van der Waals surface area contributed by atoms with E-state index < -0.39 is 0 Å². The van der Waals surface area contributed by atoms with Crippen LogP contribution in [-0.4, -0.2) is 0 Å². The largest absolute Gasteiger partial charge is 0.456 e. The number of hydrogen-bond acceptors (Lipinski definition) is 1. The van der Waals surface area contributed by atoms with Crippen molar-refractivity contribution in [3.8, 4) is 44.5 Å². The second-order valence-corrected chi connectivity index (χ2v) is 12.8. The molecule has 0 aliphatic carbocycles. The minimum absolute atomic E-state index is 0.913. The van der Waals surface area contributed by atoms with Gasteiger partial charge in [0.25, 0.3) is 0 Å². The zero-order valence-corrected chi connectivity index (χ0v) is 26.7. The van der Waals surface area contributed by atoms with Crippen molar-refractivity contribution in [3.63, 3.8) is 0 Å². The van der Waals surface area contributed by atoms with Crippen LogP contribution in [0.5, 0.6) is 0 Å². The Morgan fingerprint density at radius 2 is 0.755 bits per heavy atom. The predicted molar refractivity (Wildman–Crippen MR) is 208 cm³/mol. The van der Waals surface area contributed by atoms with Crippen LogP contribution in [-0.2, 0) is 0 Å². The van der Waals surface area contributed by atoms with Crippen molar-refractivity contribution in [2.45, 2.75) is 0 Å². The van der Waals surface area contributed by atoms with Gasteiger partial charge in [0.2, 0.25) is 0 Å². The van der Waals surface area contributed by atoms with Crippen LogP contribution < -0.4 is 0 Å². The van der Waals surface area contributed by atoms with Crippen LogP contribution >= 0.6 is 0 Å². The molecule has 9 aromatic carbocycles. The summed E-state index contributed by atoms with van der Waals surface area (Å²) in [6.45, 7) is 0. The fourth-order valence-electron chi connectivity index (χ4n) is 7.78. The Bertz CT molecular complexity index is 2780. The van der Waals surface area contributed by atoms with Gasteiger partial charge in [0.05, 0.1) is 0 Å². The summed E-state index contributed by atoms with van der Waals surface area (Å²) in [5, 5.41) is 9.75. The molecule has 0 bridgehead atoms. The zero-order valence-electron chi connectivity index (χ0n) is 26.7. The van der Waals surface area contributed by atoms with Gasteiger partial charge in [0, 0.05) is 10.8 Å². The molecule has 0 spiro atoms. The van der Waals surface area contributed by atoms with E-state index in [0.717, 1.165) is 21.9 Å². The Morgan fingerprint density at radius 1 is 0.286 bits per heavy atom. The van der Waals surface area contributed by atoms with Crippen molar-refractivity contribution in [1.29, 1.82) is 0 Å². The van der Waals surface area contributed by atoms with E-state index in [9.17, 15) is 0 Å². The molecular formula is C48H30O. The SMILES string of the molecule is c1ccc(-c2ccc(-c3c4ccccc4c(-c4ccc(-c5cccc6oc7cc8ccccc8cc7c56)cc4)c4ccccc34)cc2)cc1. The summed E-state index contributed by atoms with van der Waals surface area (Å²) in [5.41, 5.74) is 11.6. The summed E-state index contributed by atoms with van der Waals surface area (Å²) in [6.07, 6.45) is 0. The number of benzene rings is 9. The van der Waals surface area contributed by atoms with E-state index >= 15 is 0 Å². The van der Waals surface area contributed by atoms with Crippen LogP contribution in [0.3, 0.4) is 0 Å². The fourth-order valence-corrected chi connectivity index (χ4v) is 7.78. The summed E-state index contributed by atoms with van der Waals surface area (Å²) >= 11 is 0. The van der Waals surface area contributed by atoms with E-state index in [1.807, 2.05) is 0 Å². The summed E-state index contributed by atoms with van der Waals surface area (Å²) < 4.78 is 6.39. The minimum Gasteiger partial charge on any atom is -0.456 e. The van der Waals surface area contributed by atoms with Gasteiger partial charge < -0.3 is 4.42 Å². The molecule has 49 heavy (non-hydrogen) atoms. The van der Waals surface area contributed by atoms with E-state index in [0.29, 0.717) is 0 Å². The van der Waals surface area contributed by atoms with Crippen LogP contribution in [0.25, 0.3) is 98.8 Å². The first-order valence-corrected chi connectivity index (χ1v) is 16.8. The van der Waals surface area contributed by atoms with E-state index in [-0.39, 0.29) is 0 Å². The van der Waals surface area contributed by atoms with Gasteiger partial charge in [-0.3, -0.25) is 0 Å². The number of rotatable bonds is 4. The van der Waals surface area contributed by atoms with Gasteiger partial charge in [-0.25, -0.2) is 0 Å². The third-order valence-electron chi connectivity index (χ3n) is 10.1. The maximum absolute atomic E-state index is 6.39. The molecule has 1 heterocycles. The Morgan fingerprint density at radius 3 is 1.35 bits per heavy atom. The highest BCUT2D eigenvalue weighted by Crippen LogP contribution is 2.45. The first-order valence-electron chi connectivity index (χ1n) is 16.8. The van der Waals surface area contributed by atoms with Gasteiger partial charge in [0.15, 0.2) is 0 Å². The van der Waals surface area contributed by atoms with E-state index in [2.05, 4.69) is 182 Å². The molecule has 0 aliphatic heterocycles. The Balaban J connectivity index is 1.13. The molecule has 10 rings (SSSR count). The predicted octanol–water partition coefficient (Wildman–Crippen LogP) is 13.7. The molecule has 0 radical (unpaired) electrons. The lowest BCUT2D eigenvalue weighted by Gasteiger charge is -2.18. The van der Waals surface area contributed by atoms with Crippen molar-refractivity contribution in [2.24, 2.45) is 0 Å². The monoisotopic (exact) mass is 622 g/mol. The normalized spacial score (nSPS) is 11.7. The molecular weight excluding hydrogens is 593 g/mol. The first kappa shape index (κ1) is 27.7. The van der Waals surface area contributed by atoms with Gasteiger partial charge in [-0.2, -0.15) is 0 Å². The highest BCUT2D eigenvalue weighted by Gasteiger charge is 2.18. The zero-order chi connectivity index (χ0) is 32.3. The molecule has 0 saturated carbocycles. The molecule has 228 valence electrons. The summed E-state index contributed by atoms with van der Waals surface area (Å²) in [6, 6.07) is 65.7. The average molecular weight is 623 g/mol. The highest BCUT2D eigenvalue weighted by molar-refractivity contribution is 6.21. The lowest BCUT2D eigenvalue weighted by Crippen LogP contribution is -1.91. The third-order valence-corrected chi connectivity index (χ3v) is 10.1. The fraction of sp³-hybridized carbons (Fsp3) is 0. The summed E-state index contributed by atoms with van der Waals surface area (Å²) in [7, 11) is 0. The maximum Gasteiger partial charge on any atom is 0.136 e. The van der Waals surface area contributed by atoms with Gasteiger partial charge in [-0.15, -0.1) is 0 Å². The topological polar surface area (TPSA) is 13.1 Å². The second-order valence-electron chi connectivity index (χ2n) is 12.8. The van der Waals surface area contributed by atoms with E-state index in [1.54, 1.807) is 0 Å². The lowest BCUT2D eigenvalue weighted by molar-refractivity contribution is 0.669. The number of hydrogen-bond donors (Lipinski definition) is 0. The van der Waals surface area contributed by atoms with Crippen molar-refractivity contribution < 1.29 is 4.42 Å². The molecule has 1 nitrogen and oxygen atoms in total. The average Bonchev–Trinajstić information content (AvgIpc) is 3.54. The molecule has 0 fully saturated rings. The van der Waals surface area contributed by atoms with Crippen molar-refractivity contribution >= 4 is 54.3 Å². The van der Waals surface area contributed by atoms with Crippen LogP contribution in [0.1, 0.15) is 0 Å². The Hall–Kier alpha value is -6.44. The molecule has 0 amide bonds. The first-order chi connectivity index (χ1) is 24.3. The summed E-state index contributed by atoms with van der Waals surface area (Å²) in [5.74, 6) is 0. The van der Waals surface area contributed by atoms with Crippen molar-refractivity contribution in [2.75, 3.05) is 0 Å². The molecule has 1 aromatic heterocycles. The van der Waals surface area contributed by atoms with Crippen molar-refractivity contribution in [3.05, 3.63) is 182 Å². The molecule has 0 saturated heterocycles. The molecule has 0 atom stereocenters. The quantitative estimate of drug-likeness (QED) is 0.178. The summed E-state index contributed by atoms with van der Waals surface area (Å²) in [4.78, 5) is 0. The highest BCUT2D eigenvalue weighted by atomic mass is 16.3. The Kier molecular flexibility index (Phi) is 6.25. The number of furan rings is 1. The van der Waals surface area contributed by atoms with E-state index in [1.165, 1.54) is 76.8 Å². The molecule has 1 heteroatoms. The molecule has 0 aliphatic rings. The Labute approximate surface area is 284 Å². The smallest absolute Gasteiger partial charge is 0.136 e. The van der Waals surface area contributed by atoms with Crippen LogP contribution in [0.15, 0.2) is 186 Å². The van der Waals surface area contributed by atoms with Crippen LogP contribution in [0.2, 0.25) is 0 Å². The van der Waals surface area contributed by atoms with E-state index in [4.69, 9.17) is 4.42 Å². The van der Waals surface area contributed by atoms with Crippen molar-refractivity contribution in [1.82, 2.24) is 0 Å². The van der Waals surface area contributed by atoms with Crippen LogP contribution in [0, 0.1) is 0 Å². The molecule has 0 N–H and O–H groups in total. The minimum atomic E-state index is 0.913. The molecule has 0 unspecified atom stereocenters. The second kappa shape index (κ2) is 11.1.